The molecule has 3 aromatic heterocycles. The van der Waals surface area contributed by atoms with Gasteiger partial charge in [-0.2, -0.15) is 4.40 Å². The van der Waals surface area contributed by atoms with Crippen molar-refractivity contribution in [1.29, 1.82) is 0 Å². The summed E-state index contributed by atoms with van der Waals surface area (Å²) in [6.45, 7) is 6.54. The minimum Gasteiger partial charge on any atom is -0.255 e. The zero-order valence-electron chi connectivity index (χ0n) is 15.0. The van der Waals surface area contributed by atoms with Gasteiger partial charge in [-0.05, 0) is 61.7 Å². The van der Waals surface area contributed by atoms with E-state index >= 15 is 0 Å². The third-order valence-electron chi connectivity index (χ3n) is 5.32. The first-order valence-corrected chi connectivity index (χ1v) is 8.65. The molecule has 0 saturated heterocycles. The summed E-state index contributed by atoms with van der Waals surface area (Å²) in [5, 5.41) is 2.46. The monoisotopic (exact) mass is 326 g/mol. The van der Waals surface area contributed by atoms with E-state index in [0.717, 1.165) is 5.52 Å². The summed E-state index contributed by atoms with van der Waals surface area (Å²) in [6.07, 6.45) is 1.92. The Bertz CT molecular complexity index is 1330. The molecule has 3 nitrogen and oxygen atoms in total. The summed E-state index contributed by atoms with van der Waals surface area (Å²) in [6, 6.07) is 15.3. The molecule has 3 heteroatoms. The van der Waals surface area contributed by atoms with E-state index in [0.29, 0.717) is 0 Å². The van der Waals surface area contributed by atoms with Crippen LogP contribution >= 0.6 is 0 Å². The molecule has 5 rings (SSSR count). The first-order valence-electron chi connectivity index (χ1n) is 8.65. The number of aromatic nitrogens is 3. The molecule has 0 radical (unpaired) electrons. The van der Waals surface area contributed by atoms with Crippen molar-refractivity contribution < 1.29 is 4.57 Å². The number of pyridine rings is 2. The molecule has 0 aliphatic carbocycles. The lowest BCUT2D eigenvalue weighted by molar-refractivity contribution is -0.617. The standard InChI is InChI=1S/C22H20N3/c1-13-11-15(3)21-16(12-13)20-19(14(2)9-10-23-20)22-24(4)17-7-5-6-8-18(17)25(21)22/h5-12H,1-4H3/q+1. The Morgan fingerprint density at radius 3 is 2.60 bits per heavy atom. The summed E-state index contributed by atoms with van der Waals surface area (Å²) in [5.41, 5.74) is 9.84. The van der Waals surface area contributed by atoms with Gasteiger partial charge in [0.05, 0.1) is 18.0 Å². The van der Waals surface area contributed by atoms with Gasteiger partial charge in [-0.3, -0.25) is 4.98 Å². The number of aryl methyl sites for hydroxylation is 4. The maximum atomic E-state index is 4.79. The predicted octanol–water partition coefficient (Wildman–Crippen LogP) is 4.54. The van der Waals surface area contributed by atoms with Crippen molar-refractivity contribution in [2.45, 2.75) is 20.8 Å². The Morgan fingerprint density at radius 1 is 0.960 bits per heavy atom. The molecule has 2 aromatic carbocycles. The highest BCUT2D eigenvalue weighted by Crippen LogP contribution is 2.33. The molecule has 0 amide bonds. The molecule has 0 aliphatic rings. The Morgan fingerprint density at radius 2 is 1.76 bits per heavy atom. The maximum absolute atomic E-state index is 4.79. The Hall–Kier alpha value is -2.94. The van der Waals surface area contributed by atoms with Crippen LogP contribution in [0.1, 0.15) is 16.7 Å². The third kappa shape index (κ3) is 1.75. The van der Waals surface area contributed by atoms with Crippen molar-refractivity contribution in [2.24, 2.45) is 7.05 Å². The lowest BCUT2D eigenvalue weighted by atomic mass is 10.0. The molecule has 0 aliphatic heterocycles. The van der Waals surface area contributed by atoms with Gasteiger partial charge in [0.1, 0.15) is 5.52 Å². The Balaban J connectivity index is 2.30. The number of hydrogen-bond donors (Lipinski definition) is 0. The lowest BCUT2D eigenvalue weighted by Crippen LogP contribution is -2.27. The second-order valence-electron chi connectivity index (χ2n) is 7.04. The summed E-state index contributed by atoms with van der Waals surface area (Å²) in [5.74, 6) is 0. The number of benzene rings is 2. The van der Waals surface area contributed by atoms with Crippen molar-refractivity contribution in [1.82, 2.24) is 9.38 Å². The largest absolute Gasteiger partial charge is 0.297 e. The zero-order chi connectivity index (χ0) is 17.3. The molecule has 0 spiro atoms. The van der Waals surface area contributed by atoms with E-state index in [1.165, 1.54) is 49.7 Å². The van der Waals surface area contributed by atoms with Gasteiger partial charge in [0.15, 0.2) is 11.0 Å². The quantitative estimate of drug-likeness (QED) is 0.302. The second kappa shape index (κ2) is 4.79. The topological polar surface area (TPSA) is 21.2 Å². The van der Waals surface area contributed by atoms with Gasteiger partial charge in [0.2, 0.25) is 0 Å². The summed E-state index contributed by atoms with van der Waals surface area (Å²) >= 11 is 0. The van der Waals surface area contributed by atoms with Crippen LogP contribution in [0.5, 0.6) is 0 Å². The van der Waals surface area contributed by atoms with Gasteiger partial charge in [-0.25, -0.2) is 4.57 Å². The van der Waals surface area contributed by atoms with Crippen LogP contribution in [0, 0.1) is 20.8 Å². The highest BCUT2D eigenvalue weighted by molar-refractivity contribution is 6.12. The van der Waals surface area contributed by atoms with E-state index in [2.05, 4.69) is 79.3 Å². The van der Waals surface area contributed by atoms with Gasteiger partial charge in [-0.1, -0.05) is 18.2 Å². The highest BCUT2D eigenvalue weighted by Gasteiger charge is 2.25. The minimum absolute atomic E-state index is 1.09. The van der Waals surface area contributed by atoms with Crippen LogP contribution in [0.25, 0.3) is 38.5 Å². The normalized spacial score (nSPS) is 12.0. The van der Waals surface area contributed by atoms with E-state index in [-0.39, 0.29) is 0 Å². The molecule has 0 N–H and O–H groups in total. The molecule has 0 fully saturated rings. The molecule has 122 valence electrons. The fourth-order valence-electron chi connectivity index (χ4n) is 4.30. The maximum Gasteiger partial charge on any atom is 0.297 e. The van der Waals surface area contributed by atoms with E-state index in [1.54, 1.807) is 0 Å². The first kappa shape index (κ1) is 14.4. The van der Waals surface area contributed by atoms with Gasteiger partial charge in [0, 0.05) is 11.6 Å². The molecule has 5 aromatic rings. The molecule has 0 unspecified atom stereocenters. The number of para-hydroxylation sites is 2. The molecule has 0 bridgehead atoms. The van der Waals surface area contributed by atoms with Crippen LogP contribution < -0.4 is 4.57 Å². The number of imidazole rings is 1. The summed E-state index contributed by atoms with van der Waals surface area (Å²) in [7, 11) is 2.15. The molecular formula is C22H20N3+. The SMILES string of the molecule is Cc1cc(C)c2c(c1)c1nccc(C)c1c1n2c2ccccc2[n+]1C. The van der Waals surface area contributed by atoms with Gasteiger partial charge in [-0.15, -0.1) is 0 Å². The van der Waals surface area contributed by atoms with Crippen LogP contribution in [-0.2, 0) is 7.05 Å². The van der Waals surface area contributed by atoms with E-state index in [9.17, 15) is 0 Å². The Kier molecular flexibility index (Phi) is 2.76. The van der Waals surface area contributed by atoms with Crippen LogP contribution in [0.3, 0.4) is 0 Å². The van der Waals surface area contributed by atoms with Crippen LogP contribution in [0.4, 0.5) is 0 Å². The smallest absolute Gasteiger partial charge is 0.255 e. The Labute approximate surface area is 146 Å². The van der Waals surface area contributed by atoms with E-state index in [4.69, 9.17) is 4.98 Å². The van der Waals surface area contributed by atoms with Gasteiger partial charge < -0.3 is 0 Å². The molecule has 0 atom stereocenters. The molecule has 0 saturated carbocycles. The number of fused-ring (bicyclic) bond motifs is 8. The van der Waals surface area contributed by atoms with Crippen LogP contribution in [-0.4, -0.2) is 9.38 Å². The summed E-state index contributed by atoms with van der Waals surface area (Å²) < 4.78 is 4.71. The minimum atomic E-state index is 1.09. The van der Waals surface area contributed by atoms with Gasteiger partial charge in [0.25, 0.3) is 5.65 Å². The summed E-state index contributed by atoms with van der Waals surface area (Å²) in [4.78, 5) is 4.79. The van der Waals surface area contributed by atoms with Crippen molar-refractivity contribution in [3.8, 4) is 0 Å². The predicted molar refractivity (Wildman–Crippen MR) is 103 cm³/mol. The average Bonchev–Trinajstić information content (AvgIpc) is 2.88. The van der Waals surface area contributed by atoms with Crippen LogP contribution in [0.15, 0.2) is 48.7 Å². The lowest BCUT2D eigenvalue weighted by Gasteiger charge is -2.09. The third-order valence-corrected chi connectivity index (χ3v) is 5.32. The number of hydrogen-bond acceptors (Lipinski definition) is 1. The molecule has 25 heavy (non-hydrogen) atoms. The van der Waals surface area contributed by atoms with E-state index < -0.39 is 0 Å². The number of rotatable bonds is 0. The van der Waals surface area contributed by atoms with Gasteiger partial charge >= 0.3 is 0 Å². The highest BCUT2D eigenvalue weighted by atomic mass is 15.1. The second-order valence-corrected chi connectivity index (χ2v) is 7.04. The van der Waals surface area contributed by atoms with Crippen LogP contribution in [0.2, 0.25) is 0 Å². The molecule has 3 heterocycles. The van der Waals surface area contributed by atoms with Crippen molar-refractivity contribution in [3.05, 3.63) is 65.4 Å². The van der Waals surface area contributed by atoms with Crippen molar-refractivity contribution >= 4 is 38.5 Å². The average molecular weight is 326 g/mol. The van der Waals surface area contributed by atoms with Crippen molar-refractivity contribution in [3.63, 3.8) is 0 Å². The first-order chi connectivity index (χ1) is 12.1. The zero-order valence-corrected chi connectivity index (χ0v) is 15.0. The number of nitrogens with zero attached hydrogens (tertiary/aromatic N) is 3. The fourth-order valence-corrected chi connectivity index (χ4v) is 4.30. The molecular weight excluding hydrogens is 306 g/mol. The van der Waals surface area contributed by atoms with E-state index in [1.807, 2.05) is 6.20 Å². The fraction of sp³-hybridized carbons (Fsp3) is 0.182. The van der Waals surface area contributed by atoms with Crippen molar-refractivity contribution in [2.75, 3.05) is 0 Å².